The van der Waals surface area contributed by atoms with Crippen molar-refractivity contribution in [2.45, 2.75) is 38.5 Å². The Morgan fingerprint density at radius 2 is 1.82 bits per heavy atom. The molecule has 49 heavy (non-hydrogen) atoms. The van der Waals surface area contributed by atoms with Crippen LogP contribution in [0.2, 0.25) is 0 Å². The van der Waals surface area contributed by atoms with E-state index in [1.165, 1.54) is 12.1 Å². The van der Waals surface area contributed by atoms with Crippen molar-refractivity contribution in [1.29, 1.82) is 0 Å². The Morgan fingerprint density at radius 1 is 1.00 bits per heavy atom. The predicted octanol–water partition coefficient (Wildman–Crippen LogP) is 5.75. The van der Waals surface area contributed by atoms with Crippen LogP contribution < -0.4 is 26.7 Å². The first-order valence-electron chi connectivity index (χ1n) is 15.8. The number of phenolic OH excluding ortho intramolecular Hbond substituents is 1. The third-order valence-corrected chi connectivity index (χ3v) is 8.50. The summed E-state index contributed by atoms with van der Waals surface area (Å²) >= 11 is 0. The second-order valence-corrected chi connectivity index (χ2v) is 11.7. The van der Waals surface area contributed by atoms with Crippen molar-refractivity contribution in [3.05, 3.63) is 123 Å². The molecule has 2 heterocycles. The molecule has 0 bridgehead atoms. The number of nitrogens with zero attached hydrogens (tertiary/aromatic N) is 1. The molecule has 4 aromatic carbocycles. The number of amides is 1. The molecule has 12 heteroatoms. The van der Waals surface area contributed by atoms with Crippen LogP contribution in [0.4, 0.5) is 10.5 Å². The van der Waals surface area contributed by atoms with Gasteiger partial charge in [-0.2, -0.15) is 0 Å². The maximum Gasteiger partial charge on any atom is 0.419 e. The summed E-state index contributed by atoms with van der Waals surface area (Å²) in [7, 11) is 1.54. The number of ether oxygens (including phenoxy) is 1. The van der Waals surface area contributed by atoms with Crippen molar-refractivity contribution in [2.24, 2.45) is 0 Å². The van der Waals surface area contributed by atoms with Crippen molar-refractivity contribution >= 4 is 33.8 Å². The number of benzene rings is 4. The van der Waals surface area contributed by atoms with Crippen LogP contribution in [0.1, 0.15) is 35.6 Å². The maximum atomic E-state index is 12.8. The van der Waals surface area contributed by atoms with E-state index in [1.54, 1.807) is 35.9 Å². The van der Waals surface area contributed by atoms with Crippen LogP contribution in [0.3, 0.4) is 0 Å². The maximum absolute atomic E-state index is 12.8. The van der Waals surface area contributed by atoms with Gasteiger partial charge in [0.15, 0.2) is 5.58 Å². The Bertz CT molecular complexity index is 2240. The molecule has 0 spiro atoms. The number of rotatable bonds is 13. The monoisotopic (exact) mass is 664 g/mol. The fraction of sp³-hybridized carbons (Fsp3) is 0.216. The Hall–Kier alpha value is -5.85. The molecule has 0 aliphatic rings. The molecule has 6 aromatic rings. The number of aliphatic hydroxyl groups excluding tert-OH is 1. The minimum atomic E-state index is -1.13. The number of fused-ring (bicyclic) bond motifs is 2. The van der Waals surface area contributed by atoms with Gasteiger partial charge in [-0.15, -0.1) is 0 Å². The molecule has 0 aliphatic heterocycles. The van der Waals surface area contributed by atoms with Crippen molar-refractivity contribution in [3.63, 3.8) is 0 Å². The summed E-state index contributed by atoms with van der Waals surface area (Å²) in [5.41, 5.74) is 5.41. The zero-order valence-electron chi connectivity index (χ0n) is 26.7. The van der Waals surface area contributed by atoms with E-state index in [0.717, 1.165) is 28.7 Å². The number of carboxylic acid groups (broad SMARTS) is 1. The molecule has 12 nitrogen and oxygen atoms in total. The van der Waals surface area contributed by atoms with Crippen molar-refractivity contribution in [2.75, 3.05) is 19.0 Å². The Morgan fingerprint density at radius 3 is 2.59 bits per heavy atom. The number of H-pyrrole nitrogens is 1. The highest BCUT2D eigenvalue weighted by Gasteiger charge is 2.17. The normalized spacial score (nSPS) is 12.0. The highest BCUT2D eigenvalue weighted by Crippen LogP contribution is 2.31. The first-order chi connectivity index (χ1) is 23.7. The number of carbonyl (C=O) groups is 1. The van der Waals surface area contributed by atoms with E-state index in [1.807, 2.05) is 48.5 Å². The number of methoxy groups -OCH3 is 1. The number of aliphatic hydroxyl groups is 1. The molecule has 6 N–H and O–H groups in total. The van der Waals surface area contributed by atoms with Gasteiger partial charge in [0.05, 0.1) is 29.9 Å². The lowest BCUT2D eigenvalue weighted by Gasteiger charge is -2.16. The van der Waals surface area contributed by atoms with E-state index in [0.29, 0.717) is 59.4 Å². The molecular weight excluding hydrogens is 628 g/mol. The van der Waals surface area contributed by atoms with Gasteiger partial charge in [-0.3, -0.25) is 14.7 Å². The van der Waals surface area contributed by atoms with Crippen molar-refractivity contribution in [3.8, 4) is 22.6 Å². The number of aryl methyl sites for hydroxylation is 2. The largest absolute Gasteiger partial charge is 0.506 e. The van der Waals surface area contributed by atoms with Gasteiger partial charge in [-0.25, -0.2) is 9.59 Å². The zero-order valence-corrected chi connectivity index (χ0v) is 26.7. The van der Waals surface area contributed by atoms with Crippen LogP contribution in [-0.4, -0.2) is 44.6 Å². The van der Waals surface area contributed by atoms with Gasteiger partial charge in [0.2, 0.25) is 5.56 Å². The third kappa shape index (κ3) is 7.35. The Labute approximate surface area is 280 Å². The Balaban J connectivity index is 1.10. The van der Waals surface area contributed by atoms with Crippen molar-refractivity contribution < 1.29 is 29.3 Å². The molecule has 1 unspecified atom stereocenters. The molecule has 0 radical (unpaired) electrons. The molecule has 1 amide bonds. The summed E-state index contributed by atoms with van der Waals surface area (Å²) in [5.74, 6) is -0.00955. The van der Waals surface area contributed by atoms with Gasteiger partial charge < -0.3 is 34.8 Å². The summed E-state index contributed by atoms with van der Waals surface area (Å²) in [4.78, 5) is 38.6. The average Bonchev–Trinajstić information content (AvgIpc) is 3.40. The van der Waals surface area contributed by atoms with Gasteiger partial charge >= 0.3 is 11.8 Å². The van der Waals surface area contributed by atoms with Crippen LogP contribution in [0.5, 0.6) is 11.5 Å². The minimum absolute atomic E-state index is 0.0824. The number of hydrogen-bond donors (Lipinski definition) is 6. The van der Waals surface area contributed by atoms with E-state index in [4.69, 9.17) is 9.15 Å². The van der Waals surface area contributed by atoms with Crippen LogP contribution >= 0.6 is 0 Å². The number of anilines is 1. The summed E-state index contributed by atoms with van der Waals surface area (Å²) in [6, 6.07) is 24.8. The highest BCUT2D eigenvalue weighted by molar-refractivity contribution is 5.91. The van der Waals surface area contributed by atoms with Gasteiger partial charge in [0.1, 0.15) is 11.5 Å². The lowest BCUT2D eigenvalue weighted by Crippen LogP contribution is -2.21. The molecule has 0 aliphatic carbocycles. The number of aromatic nitrogens is 2. The fourth-order valence-electron chi connectivity index (χ4n) is 6.11. The number of nitrogens with one attached hydrogen (secondary N) is 3. The molecule has 6 rings (SSSR count). The average molecular weight is 665 g/mol. The second-order valence-electron chi connectivity index (χ2n) is 11.7. The molecule has 0 saturated heterocycles. The van der Waals surface area contributed by atoms with Crippen LogP contribution in [0.25, 0.3) is 33.1 Å². The van der Waals surface area contributed by atoms with Gasteiger partial charge in [-0.1, -0.05) is 48.5 Å². The number of oxazole rings is 1. The van der Waals surface area contributed by atoms with E-state index >= 15 is 0 Å². The predicted molar refractivity (Wildman–Crippen MR) is 186 cm³/mol. The topological polar surface area (TPSA) is 179 Å². The number of pyridine rings is 1. The number of unbranched alkanes of at least 4 members (excludes halogenated alkanes) is 1. The van der Waals surface area contributed by atoms with E-state index in [9.17, 15) is 29.7 Å². The summed E-state index contributed by atoms with van der Waals surface area (Å²) in [6.45, 7) is 0.890. The SMILES string of the molecule is COc1cc2c(cc1CNCC(O)c1ccc(O)c3[nH]c(=O)ccc13)oc(=O)n2CCCCc1ccc(-c2ccccc2)c(NC(=O)O)c1. The molecule has 0 fully saturated rings. The highest BCUT2D eigenvalue weighted by atomic mass is 16.5. The van der Waals surface area contributed by atoms with Gasteiger partial charge in [-0.05, 0) is 60.2 Å². The first-order valence-corrected chi connectivity index (χ1v) is 15.8. The van der Waals surface area contributed by atoms with Crippen molar-refractivity contribution in [1.82, 2.24) is 14.9 Å². The first kappa shape index (κ1) is 33.1. The standard InChI is InChI=1S/C37H36N4O8/c1-48-32-19-29-33(18-24(32)20-38-21-31(43)26-12-14-30(42)35-27(26)13-15-34(44)40-35)49-37(47)41(29)16-6-5-7-22-10-11-25(23-8-3-2-4-9-23)28(17-22)39-36(45)46/h2-4,8-15,17-19,31,38-39,42-43H,5-7,16,20-21H2,1H3,(H,40,44)(H,45,46). The molecule has 2 aromatic heterocycles. The molecule has 1 atom stereocenters. The van der Waals surface area contributed by atoms with Gasteiger partial charge in [0, 0.05) is 48.3 Å². The van der Waals surface area contributed by atoms with E-state index in [-0.39, 0.29) is 23.4 Å². The number of aromatic amines is 1. The van der Waals surface area contributed by atoms with E-state index in [2.05, 4.69) is 15.6 Å². The number of hydrogen-bond acceptors (Lipinski definition) is 8. The minimum Gasteiger partial charge on any atom is -0.506 e. The lowest BCUT2D eigenvalue weighted by atomic mass is 9.99. The van der Waals surface area contributed by atoms with Crippen LogP contribution in [0, 0.1) is 0 Å². The van der Waals surface area contributed by atoms with Crippen LogP contribution in [-0.2, 0) is 19.5 Å². The van der Waals surface area contributed by atoms with E-state index < -0.39 is 18.0 Å². The third-order valence-electron chi connectivity index (χ3n) is 8.50. The molecular formula is C37H36N4O8. The summed E-state index contributed by atoms with van der Waals surface area (Å²) in [6.07, 6.45) is 0.0560. The van der Waals surface area contributed by atoms with Gasteiger partial charge in [0.25, 0.3) is 0 Å². The fourth-order valence-corrected chi connectivity index (χ4v) is 6.11. The second kappa shape index (κ2) is 14.5. The zero-order chi connectivity index (χ0) is 34.5. The Kier molecular flexibility index (Phi) is 9.79. The summed E-state index contributed by atoms with van der Waals surface area (Å²) < 4.78 is 12.8. The quantitative estimate of drug-likeness (QED) is 0.0838. The molecule has 0 saturated carbocycles. The number of phenols is 1. The lowest BCUT2D eigenvalue weighted by molar-refractivity contribution is 0.175. The molecule has 252 valence electrons. The van der Waals surface area contributed by atoms with Crippen LogP contribution in [0.15, 0.2) is 98.9 Å². The summed E-state index contributed by atoms with van der Waals surface area (Å²) in [5, 5.41) is 36.7. The smallest absolute Gasteiger partial charge is 0.419 e. The number of aromatic hydroxyl groups is 1.